The average molecular weight is 950 g/mol. The smallest absolute Gasteiger partial charge is 0.280 e. The minimum atomic E-state index is -1.25. The number of methoxy groups -OCH3 is 2. The number of benzene rings is 4. The van der Waals surface area contributed by atoms with E-state index in [0.717, 1.165) is 42.6 Å². The number of nitrogens with one attached hydrogen (secondary N) is 1. The number of imidazole rings is 1. The van der Waals surface area contributed by atoms with Crippen molar-refractivity contribution in [3.63, 3.8) is 0 Å². The van der Waals surface area contributed by atoms with Gasteiger partial charge in [0.2, 0.25) is 11.1 Å². The number of hydrogen-bond donors (Lipinski definition) is 1. The molecule has 6 aromatic rings. The maximum absolute atomic E-state index is 13.4. The number of thioether (sulfide) groups is 1. The molecule has 0 saturated carbocycles. The van der Waals surface area contributed by atoms with Gasteiger partial charge in [-0.3, -0.25) is 23.8 Å². The molecule has 1 unspecified atom stereocenters. The third-order valence-corrected chi connectivity index (χ3v) is 17.0. The van der Waals surface area contributed by atoms with E-state index in [0.29, 0.717) is 34.2 Å². The van der Waals surface area contributed by atoms with Gasteiger partial charge in [0.1, 0.15) is 34.9 Å². The summed E-state index contributed by atoms with van der Waals surface area (Å²) in [5.74, 6) is 2.86. The number of aromatic nitrogens is 4. The van der Waals surface area contributed by atoms with Gasteiger partial charge < -0.3 is 33.1 Å². The van der Waals surface area contributed by atoms with Crippen molar-refractivity contribution in [2.75, 3.05) is 66.1 Å². The fraction of sp³-hybridized carbons (Fsp3) is 0.354. The Bertz CT molecular complexity index is 2620. The lowest BCUT2D eigenvalue weighted by Crippen LogP contribution is -2.49. The molecule has 2 aromatic heterocycles. The summed E-state index contributed by atoms with van der Waals surface area (Å²) in [6, 6.07) is 35.3. The lowest BCUT2D eigenvalue weighted by Gasteiger charge is -2.40. The second kappa shape index (κ2) is 20.4. The van der Waals surface area contributed by atoms with Crippen molar-refractivity contribution < 1.29 is 33.0 Å². The number of aliphatic imine (C=N–C) groups is 1. The normalized spacial score (nSPS) is 21.2. The van der Waals surface area contributed by atoms with Crippen molar-refractivity contribution in [1.82, 2.24) is 29.1 Å². The third-order valence-electron chi connectivity index (χ3n) is 11.8. The summed E-state index contributed by atoms with van der Waals surface area (Å²) in [6.45, 7) is 1.99. The molecule has 2 bridgehead atoms. The van der Waals surface area contributed by atoms with Gasteiger partial charge in [0.15, 0.2) is 24.9 Å². The van der Waals surface area contributed by atoms with E-state index in [1.54, 1.807) is 47.7 Å². The molecule has 3 aliphatic rings. The topological polar surface area (TPSA) is 155 Å². The fourth-order valence-corrected chi connectivity index (χ4v) is 13.9. The van der Waals surface area contributed by atoms with Gasteiger partial charge in [-0.1, -0.05) is 108 Å². The molecule has 15 nitrogen and oxygen atoms in total. The van der Waals surface area contributed by atoms with E-state index < -0.39 is 42.7 Å². The van der Waals surface area contributed by atoms with Gasteiger partial charge in [0, 0.05) is 44.3 Å². The maximum atomic E-state index is 13.4. The van der Waals surface area contributed by atoms with E-state index in [1.165, 1.54) is 11.8 Å². The zero-order chi connectivity index (χ0) is 45.7. The fourth-order valence-electron chi connectivity index (χ4n) is 8.56. The van der Waals surface area contributed by atoms with Crippen LogP contribution in [-0.2, 0) is 24.3 Å². The molecular formula is C48H52N7O8PS2. The quantitative estimate of drug-likeness (QED) is 0.0274. The molecule has 3 aliphatic heterocycles. The number of carbonyl (C=O) groups is 1. The van der Waals surface area contributed by atoms with E-state index in [4.69, 9.17) is 33.2 Å². The summed E-state index contributed by atoms with van der Waals surface area (Å²) in [6.07, 6.45) is 3.18. The summed E-state index contributed by atoms with van der Waals surface area (Å²) < 4.78 is 44.4. The summed E-state index contributed by atoms with van der Waals surface area (Å²) in [7, 11) is 5.71. The second-order valence-corrected chi connectivity index (χ2v) is 21.0. The minimum absolute atomic E-state index is 0.0336. The van der Waals surface area contributed by atoms with Crippen LogP contribution in [0.1, 0.15) is 46.1 Å². The molecule has 0 radical (unpaired) electrons. The zero-order valence-corrected chi connectivity index (χ0v) is 39.7. The number of nitrogens with zero attached hydrogens (tertiary/aromatic N) is 6. The molecule has 0 amide bonds. The zero-order valence-electron chi connectivity index (χ0n) is 37.1. The first-order chi connectivity index (χ1) is 32.2. The Hall–Kier alpha value is -5.10. The van der Waals surface area contributed by atoms with Crippen molar-refractivity contribution in [3.05, 3.63) is 148 Å². The van der Waals surface area contributed by atoms with E-state index in [1.807, 2.05) is 111 Å². The Morgan fingerprint density at radius 1 is 0.924 bits per heavy atom. The number of hydrogen-bond acceptors (Lipinski definition) is 14. The molecular weight excluding hydrogens is 898 g/mol. The molecule has 344 valence electrons. The molecule has 18 heteroatoms. The van der Waals surface area contributed by atoms with Crippen LogP contribution in [0.2, 0.25) is 0 Å². The highest BCUT2D eigenvalue weighted by atomic mass is 32.7. The van der Waals surface area contributed by atoms with Crippen molar-refractivity contribution in [1.29, 1.82) is 0 Å². The third kappa shape index (κ3) is 9.40. The van der Waals surface area contributed by atoms with Crippen LogP contribution in [-0.4, -0.2) is 124 Å². The number of carbonyl (C=O) groups excluding carboxylic acids is 1. The van der Waals surface area contributed by atoms with Crippen LogP contribution in [0.4, 0.5) is 5.95 Å². The number of aromatic amines is 1. The van der Waals surface area contributed by atoms with Gasteiger partial charge in [0.25, 0.3) is 5.56 Å². The highest BCUT2D eigenvalue weighted by Crippen LogP contribution is 2.61. The van der Waals surface area contributed by atoms with Crippen molar-refractivity contribution >= 4 is 59.2 Å². The van der Waals surface area contributed by atoms with Crippen LogP contribution < -0.4 is 15.0 Å². The first-order valence-electron chi connectivity index (χ1n) is 21.7. The van der Waals surface area contributed by atoms with Crippen LogP contribution in [0, 0.1) is 0 Å². The van der Waals surface area contributed by atoms with E-state index >= 15 is 0 Å². The van der Waals surface area contributed by atoms with E-state index in [2.05, 4.69) is 31.8 Å². The molecule has 66 heavy (non-hydrogen) atoms. The molecule has 1 N–H and O–H groups in total. The highest BCUT2D eigenvalue weighted by Gasteiger charge is 2.65. The molecule has 9 rings (SSSR count). The SMILES string of the molecule is COc1ccc(C(OC[C@@]23CO[C@@H]([C@H](n4cnc5c(=O)[nH]c(N=CN(C)C)nc54)O2)[C@@H]3OP(SCCSC(=O)c2ccccc2)N2CCCC2)(c2ccccc2)c2ccc(OC)cc2)cc1. The monoisotopic (exact) mass is 949 g/mol. The summed E-state index contributed by atoms with van der Waals surface area (Å²) in [4.78, 5) is 44.5. The van der Waals surface area contributed by atoms with Crippen LogP contribution >= 0.6 is 30.6 Å². The molecule has 0 spiro atoms. The molecule has 4 aromatic carbocycles. The van der Waals surface area contributed by atoms with Gasteiger partial charge in [0.05, 0.1) is 40.1 Å². The van der Waals surface area contributed by atoms with Crippen LogP contribution in [0.3, 0.4) is 0 Å². The Morgan fingerprint density at radius 3 is 2.20 bits per heavy atom. The average Bonchev–Trinajstić information content (AvgIpc) is 4.17. The maximum Gasteiger partial charge on any atom is 0.280 e. The Labute approximate surface area is 392 Å². The summed E-state index contributed by atoms with van der Waals surface area (Å²) in [5.41, 5.74) is 1.01. The first kappa shape index (κ1) is 46.0. The first-order valence-corrected chi connectivity index (χ1v) is 25.5. The predicted octanol–water partition coefficient (Wildman–Crippen LogP) is 8.05. The molecule has 3 fully saturated rings. The Kier molecular flexibility index (Phi) is 14.2. The summed E-state index contributed by atoms with van der Waals surface area (Å²) >= 11 is 3.05. The van der Waals surface area contributed by atoms with Gasteiger partial charge >= 0.3 is 0 Å². The van der Waals surface area contributed by atoms with Gasteiger partial charge in [-0.2, -0.15) is 4.98 Å². The minimum Gasteiger partial charge on any atom is -0.497 e. The van der Waals surface area contributed by atoms with Gasteiger partial charge in [-0.25, -0.2) is 9.98 Å². The number of H-pyrrole nitrogens is 1. The number of rotatable bonds is 19. The Balaban J connectivity index is 1.10. The molecule has 5 atom stereocenters. The number of ether oxygens (including phenoxy) is 5. The number of fused-ring (bicyclic) bond motifs is 3. The van der Waals surface area contributed by atoms with Gasteiger partial charge in [-0.15, -0.1) is 0 Å². The van der Waals surface area contributed by atoms with Crippen molar-refractivity contribution in [2.45, 2.75) is 42.5 Å². The van der Waals surface area contributed by atoms with Crippen LogP contribution in [0.5, 0.6) is 11.5 Å². The van der Waals surface area contributed by atoms with Crippen LogP contribution in [0.15, 0.2) is 125 Å². The molecule has 3 saturated heterocycles. The van der Waals surface area contributed by atoms with Gasteiger partial charge in [-0.05, 0) is 53.8 Å². The largest absolute Gasteiger partial charge is 0.497 e. The Morgan fingerprint density at radius 2 is 1.56 bits per heavy atom. The lowest BCUT2D eigenvalue weighted by molar-refractivity contribution is -0.201. The second-order valence-electron chi connectivity index (χ2n) is 16.3. The summed E-state index contributed by atoms with van der Waals surface area (Å²) in [5, 5.41) is 0.0448. The van der Waals surface area contributed by atoms with Crippen molar-refractivity contribution in [2.24, 2.45) is 4.99 Å². The molecule has 0 aliphatic carbocycles. The van der Waals surface area contributed by atoms with E-state index in [9.17, 15) is 9.59 Å². The molecule has 5 heterocycles. The van der Waals surface area contributed by atoms with E-state index in [-0.39, 0.29) is 29.8 Å². The highest BCUT2D eigenvalue weighted by molar-refractivity contribution is 8.53. The van der Waals surface area contributed by atoms with Crippen LogP contribution in [0.25, 0.3) is 11.2 Å². The predicted molar refractivity (Wildman–Crippen MR) is 259 cm³/mol. The van der Waals surface area contributed by atoms with Crippen molar-refractivity contribution in [3.8, 4) is 11.5 Å². The lowest BCUT2D eigenvalue weighted by atomic mass is 9.79. The standard InChI is InChI=1S/C48H52N7O8PS2/c1-53(2)31-50-46-51-42-39(43(56)52-46)49-32-55(42)44-40-41(63-64(54-25-11-12-26-54)66-28-27-65-45(57)33-13-7-5-8-14-33)47(62-44,29-60-40)30-61-48(34-15-9-6-10-16-34,35-17-21-37(58-3)22-18-35)36-19-23-38(59-4)24-20-36/h5-10,13-24,31-32,40-41,44H,11-12,25-30H2,1-4H3,(H,51,52,56)/t40-,41+,44-,47-,64?/m1/s1.